The molecule has 0 fully saturated rings. The Morgan fingerprint density at radius 3 is 2.76 bits per heavy atom. The van der Waals surface area contributed by atoms with Gasteiger partial charge in [-0.05, 0) is 20.3 Å². The molecule has 0 spiro atoms. The van der Waals surface area contributed by atoms with Crippen molar-refractivity contribution in [2.45, 2.75) is 31.4 Å². The quantitative estimate of drug-likeness (QED) is 0.529. The highest BCUT2D eigenvalue weighted by Crippen LogP contribution is 2.21. The maximum atomic E-state index is 11.2. The summed E-state index contributed by atoms with van der Waals surface area (Å²) in [5.74, 6) is -0.612. The Bertz CT molecular complexity index is 470. The van der Waals surface area contributed by atoms with E-state index < -0.39 is 17.8 Å². The largest absolute Gasteiger partial charge is 0.478 e. The van der Waals surface area contributed by atoms with Crippen molar-refractivity contribution in [3.05, 3.63) is 21.7 Å². The van der Waals surface area contributed by atoms with Crippen molar-refractivity contribution >= 4 is 17.7 Å². The molecule has 0 saturated carbocycles. The van der Waals surface area contributed by atoms with Crippen LogP contribution >= 0.6 is 11.8 Å². The first-order valence-electron chi connectivity index (χ1n) is 5.07. The summed E-state index contributed by atoms with van der Waals surface area (Å²) in [6.07, 6.45) is 0.0518. The summed E-state index contributed by atoms with van der Waals surface area (Å²) < 4.78 is 0. The first-order chi connectivity index (χ1) is 7.91. The minimum Gasteiger partial charge on any atom is -0.478 e. The number of aromatic nitrogens is 2. The Balaban J connectivity index is 2.96. The SMILES string of the molecule is Cc1[nH]c(=O)nc(SCCC(C)O)c1C(=O)O. The van der Waals surface area contributed by atoms with Crippen molar-refractivity contribution < 1.29 is 15.0 Å². The normalized spacial score (nSPS) is 12.4. The molecule has 6 nitrogen and oxygen atoms in total. The molecule has 7 heteroatoms. The van der Waals surface area contributed by atoms with Crippen LogP contribution in [-0.4, -0.2) is 38.0 Å². The van der Waals surface area contributed by atoms with E-state index in [1.54, 1.807) is 6.92 Å². The van der Waals surface area contributed by atoms with E-state index in [0.29, 0.717) is 12.2 Å². The minimum absolute atomic E-state index is 0.0141. The van der Waals surface area contributed by atoms with Crippen molar-refractivity contribution in [1.29, 1.82) is 0 Å². The van der Waals surface area contributed by atoms with E-state index in [1.165, 1.54) is 6.92 Å². The third kappa shape index (κ3) is 3.86. The third-order valence-corrected chi connectivity index (χ3v) is 3.08. The van der Waals surface area contributed by atoms with Crippen LogP contribution in [0.2, 0.25) is 0 Å². The first kappa shape index (κ1) is 13.7. The van der Waals surface area contributed by atoms with Crippen molar-refractivity contribution in [1.82, 2.24) is 9.97 Å². The Labute approximate surface area is 102 Å². The first-order valence-corrected chi connectivity index (χ1v) is 6.05. The summed E-state index contributed by atoms with van der Waals surface area (Å²) in [7, 11) is 0. The molecule has 17 heavy (non-hydrogen) atoms. The van der Waals surface area contributed by atoms with Crippen molar-refractivity contribution in [2.24, 2.45) is 0 Å². The summed E-state index contributed by atoms with van der Waals surface area (Å²) in [4.78, 5) is 28.2. The van der Waals surface area contributed by atoms with Crippen molar-refractivity contribution in [3.8, 4) is 0 Å². The minimum atomic E-state index is -1.12. The van der Waals surface area contributed by atoms with Gasteiger partial charge in [0.15, 0.2) is 0 Å². The number of H-pyrrole nitrogens is 1. The standard InChI is InChI=1S/C10H14N2O4S/c1-5(13)3-4-17-8-7(9(14)15)6(2)11-10(16)12-8/h5,13H,3-4H2,1-2H3,(H,14,15)(H,11,12,16). The Hall–Kier alpha value is -1.34. The summed E-state index contributed by atoms with van der Waals surface area (Å²) >= 11 is 1.16. The van der Waals surface area contributed by atoms with Gasteiger partial charge in [-0.1, -0.05) is 0 Å². The zero-order valence-electron chi connectivity index (χ0n) is 9.56. The molecule has 0 saturated heterocycles. The second-order valence-electron chi connectivity index (χ2n) is 3.64. The number of thioether (sulfide) groups is 1. The highest BCUT2D eigenvalue weighted by Gasteiger charge is 2.16. The topological polar surface area (TPSA) is 103 Å². The number of aryl methyl sites for hydroxylation is 1. The molecule has 0 aliphatic carbocycles. The molecule has 1 rings (SSSR count). The predicted octanol–water partition coefficient (Wildman–Crippen LogP) is 0.640. The number of hydrogen-bond acceptors (Lipinski definition) is 5. The number of aromatic carboxylic acids is 1. The van der Waals surface area contributed by atoms with E-state index >= 15 is 0 Å². The number of nitrogens with zero attached hydrogens (tertiary/aromatic N) is 1. The zero-order chi connectivity index (χ0) is 13.0. The van der Waals surface area contributed by atoms with Gasteiger partial charge in [-0.2, -0.15) is 4.98 Å². The Kier molecular flexibility index (Phi) is 4.71. The van der Waals surface area contributed by atoms with Gasteiger partial charge in [-0.25, -0.2) is 9.59 Å². The van der Waals surface area contributed by atoms with Gasteiger partial charge in [-0.3, -0.25) is 0 Å². The Morgan fingerprint density at radius 1 is 1.59 bits per heavy atom. The maximum Gasteiger partial charge on any atom is 0.346 e. The van der Waals surface area contributed by atoms with Crippen LogP contribution in [0.15, 0.2) is 9.82 Å². The summed E-state index contributed by atoms with van der Waals surface area (Å²) in [5.41, 5.74) is -0.260. The molecule has 1 heterocycles. The van der Waals surface area contributed by atoms with Gasteiger partial charge in [-0.15, -0.1) is 11.8 Å². The fourth-order valence-electron chi connectivity index (χ4n) is 1.24. The number of carbonyl (C=O) groups is 1. The molecule has 1 atom stereocenters. The fourth-order valence-corrected chi connectivity index (χ4v) is 2.43. The molecule has 1 aromatic heterocycles. The maximum absolute atomic E-state index is 11.2. The lowest BCUT2D eigenvalue weighted by Crippen LogP contribution is -2.18. The van der Waals surface area contributed by atoms with Gasteiger partial charge >= 0.3 is 11.7 Å². The molecular weight excluding hydrogens is 244 g/mol. The second kappa shape index (κ2) is 5.83. The predicted molar refractivity (Wildman–Crippen MR) is 63.6 cm³/mol. The van der Waals surface area contributed by atoms with Crippen LogP contribution in [0.5, 0.6) is 0 Å². The van der Waals surface area contributed by atoms with Crippen LogP contribution in [0.4, 0.5) is 0 Å². The Morgan fingerprint density at radius 2 is 2.24 bits per heavy atom. The van der Waals surface area contributed by atoms with Gasteiger partial charge in [0.05, 0.1) is 6.10 Å². The van der Waals surface area contributed by atoms with Crippen LogP contribution in [0.25, 0.3) is 0 Å². The van der Waals surface area contributed by atoms with Crippen LogP contribution < -0.4 is 5.69 Å². The number of hydrogen-bond donors (Lipinski definition) is 3. The lowest BCUT2D eigenvalue weighted by atomic mass is 10.2. The van der Waals surface area contributed by atoms with Crippen molar-refractivity contribution in [2.75, 3.05) is 5.75 Å². The molecule has 0 radical (unpaired) electrons. The van der Waals surface area contributed by atoms with Crippen LogP contribution in [0, 0.1) is 6.92 Å². The van der Waals surface area contributed by atoms with Gasteiger partial charge in [0.25, 0.3) is 0 Å². The monoisotopic (exact) mass is 258 g/mol. The average molecular weight is 258 g/mol. The number of carboxylic acids is 1. The number of aliphatic hydroxyl groups excluding tert-OH is 1. The lowest BCUT2D eigenvalue weighted by molar-refractivity contribution is 0.0690. The van der Waals surface area contributed by atoms with Gasteiger partial charge in [0, 0.05) is 11.4 Å². The van der Waals surface area contributed by atoms with E-state index in [4.69, 9.17) is 10.2 Å². The van der Waals surface area contributed by atoms with E-state index in [2.05, 4.69) is 9.97 Å². The number of carboxylic acid groups (broad SMARTS) is 1. The molecule has 0 amide bonds. The average Bonchev–Trinajstić information content (AvgIpc) is 2.14. The molecule has 3 N–H and O–H groups in total. The van der Waals surface area contributed by atoms with E-state index in [-0.39, 0.29) is 16.3 Å². The van der Waals surface area contributed by atoms with E-state index in [0.717, 1.165) is 11.8 Å². The molecule has 0 aliphatic heterocycles. The molecule has 1 unspecified atom stereocenters. The van der Waals surface area contributed by atoms with Gasteiger partial charge < -0.3 is 15.2 Å². The number of nitrogens with one attached hydrogen (secondary N) is 1. The summed E-state index contributed by atoms with van der Waals surface area (Å²) in [6.45, 7) is 3.17. The van der Waals surface area contributed by atoms with E-state index in [1.807, 2.05) is 0 Å². The smallest absolute Gasteiger partial charge is 0.346 e. The number of aromatic amines is 1. The third-order valence-electron chi connectivity index (χ3n) is 2.07. The zero-order valence-corrected chi connectivity index (χ0v) is 10.4. The number of rotatable bonds is 5. The van der Waals surface area contributed by atoms with Gasteiger partial charge in [0.2, 0.25) is 0 Å². The molecule has 0 aliphatic rings. The van der Waals surface area contributed by atoms with E-state index in [9.17, 15) is 9.59 Å². The molecule has 0 aromatic carbocycles. The molecule has 0 bridgehead atoms. The fraction of sp³-hybridized carbons (Fsp3) is 0.500. The molecule has 94 valence electrons. The highest BCUT2D eigenvalue weighted by atomic mass is 32.2. The lowest BCUT2D eigenvalue weighted by Gasteiger charge is -2.07. The van der Waals surface area contributed by atoms with Crippen LogP contribution in [0.3, 0.4) is 0 Å². The number of aliphatic hydroxyl groups is 1. The van der Waals surface area contributed by atoms with Crippen molar-refractivity contribution in [3.63, 3.8) is 0 Å². The van der Waals surface area contributed by atoms with Crippen LogP contribution in [0.1, 0.15) is 29.4 Å². The molecular formula is C10H14N2O4S. The summed E-state index contributed by atoms with van der Waals surface area (Å²) in [6, 6.07) is 0. The van der Waals surface area contributed by atoms with Crippen LogP contribution in [-0.2, 0) is 0 Å². The van der Waals surface area contributed by atoms with Gasteiger partial charge in [0.1, 0.15) is 10.6 Å². The summed E-state index contributed by atoms with van der Waals surface area (Å²) in [5, 5.41) is 18.3. The highest BCUT2D eigenvalue weighted by molar-refractivity contribution is 7.99. The molecule has 1 aromatic rings. The second-order valence-corrected chi connectivity index (χ2v) is 4.72.